The van der Waals surface area contributed by atoms with Crippen molar-refractivity contribution < 1.29 is 5.11 Å². The van der Waals surface area contributed by atoms with E-state index in [4.69, 9.17) is 0 Å². The van der Waals surface area contributed by atoms with E-state index < -0.39 is 0 Å². The van der Waals surface area contributed by atoms with E-state index in [1.165, 1.54) is 18.5 Å². The van der Waals surface area contributed by atoms with E-state index in [0.29, 0.717) is 17.4 Å². The molecule has 0 saturated heterocycles. The van der Waals surface area contributed by atoms with Gasteiger partial charge in [-0.15, -0.1) is 0 Å². The number of benzene rings is 1. The molecule has 1 heterocycles. The molecule has 0 spiro atoms. The fourth-order valence-electron chi connectivity index (χ4n) is 1.66. The normalized spacial score (nSPS) is 12.8. The second-order valence-corrected chi connectivity index (χ2v) is 4.09. The van der Waals surface area contributed by atoms with Crippen LogP contribution in [0.25, 0.3) is 10.9 Å². The zero-order valence-corrected chi connectivity index (χ0v) is 9.84. The Morgan fingerprint density at radius 2 is 2.29 bits per heavy atom. The molecular weight excluding hydrogens is 218 g/mol. The minimum atomic E-state index is -0.131. The number of hydrogen-bond acceptors (Lipinski definition) is 4. The van der Waals surface area contributed by atoms with Crippen LogP contribution < -0.4 is 10.9 Å². The summed E-state index contributed by atoms with van der Waals surface area (Å²) in [6, 6.07) is 4.79. The van der Waals surface area contributed by atoms with Gasteiger partial charge in [0, 0.05) is 12.6 Å². The van der Waals surface area contributed by atoms with Gasteiger partial charge < -0.3 is 10.4 Å². The summed E-state index contributed by atoms with van der Waals surface area (Å²) in [5, 5.41) is 12.9. The largest absolute Gasteiger partial charge is 0.508 e. The molecular formula is C12H15N3O2. The third-order valence-corrected chi connectivity index (χ3v) is 2.77. The Hall–Kier alpha value is -1.88. The molecule has 0 fully saturated rings. The highest BCUT2D eigenvalue weighted by Gasteiger charge is 2.07. The first-order valence-electron chi connectivity index (χ1n) is 5.47. The third-order valence-electron chi connectivity index (χ3n) is 2.77. The fraction of sp³-hybridized carbons (Fsp3) is 0.333. The lowest BCUT2D eigenvalue weighted by atomic mass is 10.2. The molecule has 1 aromatic carbocycles. The highest BCUT2D eigenvalue weighted by atomic mass is 16.3. The predicted molar refractivity (Wildman–Crippen MR) is 66.2 cm³/mol. The van der Waals surface area contributed by atoms with Gasteiger partial charge >= 0.3 is 0 Å². The first-order chi connectivity index (χ1) is 8.11. The van der Waals surface area contributed by atoms with Crippen molar-refractivity contribution >= 4 is 10.9 Å². The molecule has 17 heavy (non-hydrogen) atoms. The molecule has 2 N–H and O–H groups in total. The number of phenolic OH excluding ortho intramolecular Hbond substituents is 1. The van der Waals surface area contributed by atoms with Crippen LogP contribution in [0.2, 0.25) is 0 Å². The number of nitrogens with one attached hydrogen (secondary N) is 1. The summed E-state index contributed by atoms with van der Waals surface area (Å²) in [6.45, 7) is 2.53. The van der Waals surface area contributed by atoms with Crippen molar-refractivity contribution in [2.45, 2.75) is 19.5 Å². The van der Waals surface area contributed by atoms with Gasteiger partial charge in [0.15, 0.2) is 0 Å². The smallest absolute Gasteiger partial charge is 0.261 e. The second kappa shape index (κ2) is 4.55. The van der Waals surface area contributed by atoms with Crippen LogP contribution in [-0.4, -0.2) is 27.7 Å². The summed E-state index contributed by atoms with van der Waals surface area (Å²) in [7, 11) is 1.84. The highest BCUT2D eigenvalue weighted by molar-refractivity contribution is 5.78. The maximum absolute atomic E-state index is 12.1. The predicted octanol–water partition coefficient (Wildman–Crippen LogP) is 0.710. The van der Waals surface area contributed by atoms with E-state index in [1.54, 1.807) is 10.6 Å². The fourth-order valence-corrected chi connectivity index (χ4v) is 1.66. The van der Waals surface area contributed by atoms with E-state index in [2.05, 4.69) is 10.3 Å². The zero-order valence-electron chi connectivity index (χ0n) is 9.84. The maximum Gasteiger partial charge on any atom is 0.261 e. The minimum Gasteiger partial charge on any atom is -0.508 e. The standard InChI is InChI=1S/C12H15N3O2/c1-8(13-2)6-15-7-14-11-4-3-9(16)5-10(11)12(15)17/h3-5,7-8,13,16H,6H2,1-2H3. The number of phenols is 1. The van der Waals surface area contributed by atoms with E-state index in [9.17, 15) is 9.90 Å². The molecule has 5 nitrogen and oxygen atoms in total. The Kier molecular flexibility index (Phi) is 3.10. The molecule has 0 amide bonds. The lowest BCUT2D eigenvalue weighted by Crippen LogP contribution is -2.32. The Bertz CT molecular complexity index is 592. The minimum absolute atomic E-state index is 0.0795. The van der Waals surface area contributed by atoms with Crippen LogP contribution in [0.4, 0.5) is 0 Å². The van der Waals surface area contributed by atoms with Crippen molar-refractivity contribution in [3.8, 4) is 5.75 Å². The molecule has 5 heteroatoms. The molecule has 0 aliphatic rings. The number of aromatic hydroxyl groups is 1. The lowest BCUT2D eigenvalue weighted by molar-refractivity contribution is 0.475. The van der Waals surface area contributed by atoms with E-state index in [-0.39, 0.29) is 17.4 Å². The molecule has 2 rings (SSSR count). The van der Waals surface area contributed by atoms with Crippen LogP contribution in [0.3, 0.4) is 0 Å². The van der Waals surface area contributed by atoms with Crippen molar-refractivity contribution in [2.75, 3.05) is 7.05 Å². The Balaban J connectivity index is 2.53. The van der Waals surface area contributed by atoms with E-state index in [0.717, 1.165) is 0 Å². The van der Waals surface area contributed by atoms with Crippen LogP contribution in [0.1, 0.15) is 6.92 Å². The second-order valence-electron chi connectivity index (χ2n) is 4.09. The number of likely N-dealkylation sites (N-methyl/N-ethyl adjacent to an activating group) is 1. The molecule has 0 aliphatic carbocycles. The quantitative estimate of drug-likeness (QED) is 0.819. The van der Waals surface area contributed by atoms with Gasteiger partial charge in [0.1, 0.15) is 5.75 Å². The molecule has 0 saturated carbocycles. The van der Waals surface area contributed by atoms with Gasteiger partial charge in [0.2, 0.25) is 0 Å². The van der Waals surface area contributed by atoms with E-state index in [1.807, 2.05) is 14.0 Å². The van der Waals surface area contributed by atoms with Gasteiger partial charge in [0.05, 0.1) is 17.2 Å². The third kappa shape index (κ3) is 2.29. The zero-order chi connectivity index (χ0) is 12.4. The average molecular weight is 233 g/mol. The van der Waals surface area contributed by atoms with Crippen molar-refractivity contribution in [2.24, 2.45) is 0 Å². The van der Waals surface area contributed by atoms with Crippen molar-refractivity contribution in [1.29, 1.82) is 0 Å². The molecule has 0 radical (unpaired) electrons. The van der Waals surface area contributed by atoms with Crippen molar-refractivity contribution in [3.05, 3.63) is 34.9 Å². The van der Waals surface area contributed by atoms with Gasteiger partial charge in [-0.3, -0.25) is 9.36 Å². The monoisotopic (exact) mass is 233 g/mol. The van der Waals surface area contributed by atoms with Gasteiger partial charge in [0.25, 0.3) is 5.56 Å². The number of nitrogens with zero attached hydrogens (tertiary/aromatic N) is 2. The SMILES string of the molecule is CNC(C)Cn1cnc2ccc(O)cc2c1=O. The summed E-state index contributed by atoms with van der Waals surface area (Å²) in [5.41, 5.74) is 0.467. The van der Waals surface area contributed by atoms with Gasteiger partial charge in [-0.1, -0.05) is 0 Å². The van der Waals surface area contributed by atoms with Crippen LogP contribution in [0, 0.1) is 0 Å². The summed E-state index contributed by atoms with van der Waals surface area (Å²) >= 11 is 0. The van der Waals surface area contributed by atoms with Crippen molar-refractivity contribution in [1.82, 2.24) is 14.9 Å². The van der Waals surface area contributed by atoms with Crippen LogP contribution in [0.5, 0.6) is 5.75 Å². The molecule has 90 valence electrons. The summed E-state index contributed by atoms with van der Waals surface area (Å²) in [4.78, 5) is 16.3. The lowest BCUT2D eigenvalue weighted by Gasteiger charge is -2.12. The topological polar surface area (TPSA) is 67.2 Å². The van der Waals surface area contributed by atoms with E-state index >= 15 is 0 Å². The molecule has 1 atom stereocenters. The first-order valence-corrected chi connectivity index (χ1v) is 5.47. The molecule has 0 bridgehead atoms. The first kappa shape index (κ1) is 11.6. The maximum atomic E-state index is 12.1. The number of hydrogen-bond donors (Lipinski definition) is 2. The Morgan fingerprint density at radius 1 is 1.53 bits per heavy atom. The van der Waals surface area contributed by atoms with Crippen LogP contribution >= 0.6 is 0 Å². The Labute approximate surface area is 98.7 Å². The molecule has 1 aromatic heterocycles. The number of aromatic nitrogens is 2. The average Bonchev–Trinajstić information content (AvgIpc) is 2.33. The number of fused-ring (bicyclic) bond motifs is 1. The van der Waals surface area contributed by atoms with Gasteiger partial charge in [-0.2, -0.15) is 0 Å². The molecule has 2 aromatic rings. The van der Waals surface area contributed by atoms with Gasteiger partial charge in [-0.25, -0.2) is 4.98 Å². The van der Waals surface area contributed by atoms with Crippen LogP contribution in [-0.2, 0) is 6.54 Å². The summed E-state index contributed by atoms with van der Waals surface area (Å²) in [6.07, 6.45) is 1.54. The van der Waals surface area contributed by atoms with Crippen molar-refractivity contribution in [3.63, 3.8) is 0 Å². The molecule has 0 aliphatic heterocycles. The number of rotatable bonds is 3. The summed E-state index contributed by atoms with van der Waals surface area (Å²) < 4.78 is 1.54. The van der Waals surface area contributed by atoms with Crippen LogP contribution in [0.15, 0.2) is 29.3 Å². The summed E-state index contributed by atoms with van der Waals surface area (Å²) in [5.74, 6) is 0.0795. The molecule has 1 unspecified atom stereocenters. The highest BCUT2D eigenvalue weighted by Crippen LogP contribution is 2.14. The Morgan fingerprint density at radius 3 is 3.00 bits per heavy atom. The van der Waals surface area contributed by atoms with Gasteiger partial charge in [-0.05, 0) is 32.2 Å².